The van der Waals surface area contributed by atoms with E-state index in [1.54, 1.807) is 0 Å². The Bertz CT molecular complexity index is 374. The lowest BCUT2D eigenvalue weighted by molar-refractivity contribution is 0.0702. The van der Waals surface area contributed by atoms with Crippen molar-refractivity contribution in [3.05, 3.63) is 28.2 Å². The minimum Gasteiger partial charge on any atom is -0.491 e. The number of benzene rings is 1. The summed E-state index contributed by atoms with van der Waals surface area (Å²) in [6.45, 7) is 6.45. The summed E-state index contributed by atoms with van der Waals surface area (Å²) in [6, 6.07) is 6.28. The molecule has 5 heteroatoms. The Morgan fingerprint density at radius 3 is 2.79 bits per heavy atom. The lowest BCUT2D eigenvalue weighted by atomic mass is 10.1. The molecule has 19 heavy (non-hydrogen) atoms. The van der Waals surface area contributed by atoms with E-state index in [0.29, 0.717) is 19.8 Å². The van der Waals surface area contributed by atoms with Crippen molar-refractivity contribution < 1.29 is 14.6 Å². The first-order valence-corrected chi connectivity index (χ1v) is 7.32. The van der Waals surface area contributed by atoms with Crippen molar-refractivity contribution >= 4 is 15.9 Å². The van der Waals surface area contributed by atoms with Crippen LogP contribution in [0.3, 0.4) is 0 Å². The average molecular weight is 332 g/mol. The summed E-state index contributed by atoms with van der Waals surface area (Å²) >= 11 is 3.45. The second-order valence-corrected chi connectivity index (χ2v) is 5.06. The fraction of sp³-hybridized carbons (Fsp3) is 0.571. The standard InChI is InChI=1S/C14H22BrNO3/c1-3-16-11(2)13-5-4-12(15)10-14(13)19-9-8-18-7-6-17/h4-5,10-11,16-17H,3,6-9H2,1-2H3. The molecule has 0 aliphatic rings. The molecule has 1 aromatic carbocycles. The molecule has 0 heterocycles. The van der Waals surface area contributed by atoms with E-state index in [0.717, 1.165) is 22.3 Å². The molecule has 1 rings (SSSR count). The molecule has 0 spiro atoms. The van der Waals surface area contributed by atoms with Crippen molar-refractivity contribution in [3.8, 4) is 5.75 Å². The zero-order chi connectivity index (χ0) is 14.1. The van der Waals surface area contributed by atoms with Gasteiger partial charge in [-0.1, -0.05) is 28.9 Å². The third-order valence-electron chi connectivity index (χ3n) is 2.67. The van der Waals surface area contributed by atoms with E-state index in [1.165, 1.54) is 0 Å². The van der Waals surface area contributed by atoms with Gasteiger partial charge in [0.05, 0.1) is 19.8 Å². The van der Waals surface area contributed by atoms with Gasteiger partial charge in [-0.15, -0.1) is 0 Å². The highest BCUT2D eigenvalue weighted by atomic mass is 79.9. The van der Waals surface area contributed by atoms with Gasteiger partial charge in [-0.25, -0.2) is 0 Å². The topological polar surface area (TPSA) is 50.7 Å². The van der Waals surface area contributed by atoms with E-state index in [2.05, 4.69) is 41.2 Å². The number of ether oxygens (including phenoxy) is 2. The first kappa shape index (κ1) is 16.4. The molecule has 0 aliphatic carbocycles. The van der Waals surface area contributed by atoms with E-state index < -0.39 is 0 Å². The molecule has 0 aliphatic heterocycles. The van der Waals surface area contributed by atoms with Gasteiger partial charge in [-0.2, -0.15) is 0 Å². The molecule has 0 saturated heterocycles. The zero-order valence-corrected chi connectivity index (χ0v) is 13.1. The molecule has 0 radical (unpaired) electrons. The number of rotatable bonds is 9. The smallest absolute Gasteiger partial charge is 0.125 e. The minimum atomic E-state index is 0.0413. The maximum Gasteiger partial charge on any atom is 0.125 e. The first-order chi connectivity index (χ1) is 9.19. The molecule has 108 valence electrons. The lowest BCUT2D eigenvalue weighted by Crippen LogP contribution is -2.19. The molecule has 0 aromatic heterocycles. The summed E-state index contributed by atoms with van der Waals surface area (Å²) in [5.41, 5.74) is 1.13. The second-order valence-electron chi connectivity index (χ2n) is 4.15. The minimum absolute atomic E-state index is 0.0413. The van der Waals surface area contributed by atoms with E-state index in [9.17, 15) is 0 Å². The van der Waals surface area contributed by atoms with Crippen LogP contribution < -0.4 is 10.1 Å². The molecular formula is C14H22BrNO3. The molecule has 2 N–H and O–H groups in total. The van der Waals surface area contributed by atoms with Gasteiger partial charge in [0.15, 0.2) is 0 Å². The van der Waals surface area contributed by atoms with Gasteiger partial charge < -0.3 is 19.9 Å². The van der Waals surface area contributed by atoms with Crippen molar-refractivity contribution in [3.63, 3.8) is 0 Å². The van der Waals surface area contributed by atoms with Crippen molar-refractivity contribution in [1.29, 1.82) is 0 Å². The molecule has 1 atom stereocenters. The average Bonchev–Trinajstić information content (AvgIpc) is 2.39. The number of aliphatic hydroxyl groups is 1. The van der Waals surface area contributed by atoms with Crippen LogP contribution >= 0.6 is 15.9 Å². The Balaban J connectivity index is 2.61. The Hall–Kier alpha value is -0.620. The van der Waals surface area contributed by atoms with Crippen LogP contribution in [0, 0.1) is 0 Å². The van der Waals surface area contributed by atoms with Crippen LogP contribution in [0.5, 0.6) is 5.75 Å². The van der Waals surface area contributed by atoms with Crippen LogP contribution in [0.1, 0.15) is 25.5 Å². The number of aliphatic hydroxyl groups excluding tert-OH is 1. The number of halogens is 1. The molecule has 1 unspecified atom stereocenters. The van der Waals surface area contributed by atoms with E-state index in [-0.39, 0.29) is 12.6 Å². The summed E-state index contributed by atoms with van der Waals surface area (Å²) in [6.07, 6.45) is 0. The number of hydrogen-bond acceptors (Lipinski definition) is 4. The van der Waals surface area contributed by atoms with Crippen LogP contribution in [0.15, 0.2) is 22.7 Å². The van der Waals surface area contributed by atoms with Crippen LogP contribution in [0.25, 0.3) is 0 Å². The molecule has 4 nitrogen and oxygen atoms in total. The summed E-state index contributed by atoms with van der Waals surface area (Å²) in [4.78, 5) is 0. The molecule has 0 saturated carbocycles. The number of nitrogens with one attached hydrogen (secondary N) is 1. The van der Waals surface area contributed by atoms with Gasteiger partial charge in [0.25, 0.3) is 0 Å². The maximum atomic E-state index is 8.61. The SMILES string of the molecule is CCNC(C)c1ccc(Br)cc1OCCOCCO. The van der Waals surface area contributed by atoms with Gasteiger partial charge in [0.2, 0.25) is 0 Å². The Labute approximate surface area is 123 Å². The van der Waals surface area contributed by atoms with Crippen LogP contribution in [0.2, 0.25) is 0 Å². The van der Waals surface area contributed by atoms with Crippen molar-refractivity contribution in [2.45, 2.75) is 19.9 Å². The highest BCUT2D eigenvalue weighted by Crippen LogP contribution is 2.28. The third-order valence-corrected chi connectivity index (χ3v) is 3.17. The molecule has 1 aromatic rings. The Kier molecular flexibility index (Phi) is 8.05. The van der Waals surface area contributed by atoms with Gasteiger partial charge >= 0.3 is 0 Å². The molecule has 0 fully saturated rings. The molecule has 0 bridgehead atoms. The fourth-order valence-corrected chi connectivity index (χ4v) is 2.12. The Morgan fingerprint density at radius 1 is 1.32 bits per heavy atom. The molecule has 0 amide bonds. The maximum absolute atomic E-state index is 8.61. The van der Waals surface area contributed by atoms with Gasteiger partial charge in [0, 0.05) is 16.1 Å². The van der Waals surface area contributed by atoms with E-state index in [1.807, 2.05) is 12.1 Å². The van der Waals surface area contributed by atoms with Crippen LogP contribution in [0.4, 0.5) is 0 Å². The summed E-state index contributed by atoms with van der Waals surface area (Å²) in [5, 5.41) is 12.0. The van der Waals surface area contributed by atoms with Gasteiger partial charge in [-0.3, -0.25) is 0 Å². The van der Waals surface area contributed by atoms with E-state index >= 15 is 0 Å². The predicted molar refractivity (Wildman–Crippen MR) is 79.6 cm³/mol. The van der Waals surface area contributed by atoms with Gasteiger partial charge in [0.1, 0.15) is 12.4 Å². The number of hydrogen-bond donors (Lipinski definition) is 2. The van der Waals surface area contributed by atoms with Crippen LogP contribution in [-0.2, 0) is 4.74 Å². The normalized spacial score (nSPS) is 12.4. The predicted octanol–water partition coefficient (Wildman–Crippen LogP) is 2.51. The lowest BCUT2D eigenvalue weighted by Gasteiger charge is -2.18. The van der Waals surface area contributed by atoms with Gasteiger partial charge in [-0.05, 0) is 25.6 Å². The highest BCUT2D eigenvalue weighted by Gasteiger charge is 2.11. The summed E-state index contributed by atoms with van der Waals surface area (Å²) < 4.78 is 11.9. The largest absolute Gasteiger partial charge is 0.491 e. The van der Waals surface area contributed by atoms with Crippen molar-refractivity contribution in [2.24, 2.45) is 0 Å². The highest BCUT2D eigenvalue weighted by molar-refractivity contribution is 9.10. The fourth-order valence-electron chi connectivity index (χ4n) is 1.78. The van der Waals surface area contributed by atoms with Crippen molar-refractivity contribution in [1.82, 2.24) is 5.32 Å². The molecular weight excluding hydrogens is 310 g/mol. The van der Waals surface area contributed by atoms with Crippen molar-refractivity contribution in [2.75, 3.05) is 33.0 Å². The Morgan fingerprint density at radius 2 is 2.11 bits per heavy atom. The summed E-state index contributed by atoms with van der Waals surface area (Å²) in [5.74, 6) is 0.857. The zero-order valence-electron chi connectivity index (χ0n) is 11.5. The quantitative estimate of drug-likeness (QED) is 0.682. The summed E-state index contributed by atoms with van der Waals surface area (Å²) in [7, 11) is 0. The van der Waals surface area contributed by atoms with Crippen LogP contribution in [-0.4, -0.2) is 38.1 Å². The van der Waals surface area contributed by atoms with E-state index in [4.69, 9.17) is 14.6 Å². The first-order valence-electron chi connectivity index (χ1n) is 6.53. The monoisotopic (exact) mass is 331 g/mol. The third kappa shape index (κ3) is 5.91. The second kappa shape index (κ2) is 9.31.